The summed E-state index contributed by atoms with van der Waals surface area (Å²) in [4.78, 5) is 28.9. The number of benzene rings is 4. The third kappa shape index (κ3) is 4.89. The number of esters is 1. The van der Waals surface area contributed by atoms with Crippen LogP contribution in [-0.2, 0) is 23.4 Å². The van der Waals surface area contributed by atoms with E-state index >= 15 is 0 Å². The highest BCUT2D eigenvalue weighted by molar-refractivity contribution is 5.91. The van der Waals surface area contributed by atoms with Crippen molar-refractivity contribution in [2.45, 2.75) is 51.2 Å². The van der Waals surface area contributed by atoms with Crippen molar-refractivity contribution in [1.29, 1.82) is 0 Å². The predicted octanol–water partition coefficient (Wildman–Crippen LogP) is 8.64. The van der Waals surface area contributed by atoms with E-state index in [0.717, 1.165) is 53.7 Å². The normalized spacial score (nSPS) is 14.6. The molecule has 6 aromatic rings. The summed E-state index contributed by atoms with van der Waals surface area (Å²) in [6.07, 6.45) is 3.94. The summed E-state index contributed by atoms with van der Waals surface area (Å²) in [6.45, 7) is 5.68. The van der Waals surface area contributed by atoms with Crippen molar-refractivity contribution in [1.82, 2.24) is 9.30 Å². The second-order valence-electron chi connectivity index (χ2n) is 13.0. The highest BCUT2D eigenvalue weighted by Crippen LogP contribution is 2.47. The predicted molar refractivity (Wildman–Crippen MR) is 190 cm³/mol. The van der Waals surface area contributed by atoms with Crippen LogP contribution < -0.4 is 5.56 Å². The van der Waals surface area contributed by atoms with Gasteiger partial charge < -0.3 is 4.74 Å². The van der Waals surface area contributed by atoms with E-state index in [9.17, 15) is 9.59 Å². The van der Waals surface area contributed by atoms with Crippen LogP contribution in [0.5, 0.6) is 0 Å². The van der Waals surface area contributed by atoms with Crippen LogP contribution in [0.25, 0.3) is 16.6 Å². The van der Waals surface area contributed by atoms with E-state index in [1.54, 1.807) is 17.4 Å². The van der Waals surface area contributed by atoms with Gasteiger partial charge in [0.1, 0.15) is 5.56 Å². The van der Waals surface area contributed by atoms with E-state index in [4.69, 9.17) is 4.74 Å². The van der Waals surface area contributed by atoms with Crippen LogP contribution in [0.1, 0.15) is 75.0 Å². The van der Waals surface area contributed by atoms with Gasteiger partial charge in [-0.3, -0.25) is 14.1 Å². The molecule has 0 N–H and O–H groups in total. The Hall–Kier alpha value is -5.26. The van der Waals surface area contributed by atoms with Gasteiger partial charge in [-0.05, 0) is 101 Å². The minimum atomic E-state index is -0.554. The summed E-state index contributed by atoms with van der Waals surface area (Å²) in [6, 6.07) is 43.2. The van der Waals surface area contributed by atoms with Crippen LogP contribution in [0, 0.1) is 6.92 Å². The zero-order valence-electron chi connectivity index (χ0n) is 27.4. The number of nitrogens with zero attached hydrogens (tertiary/aromatic N) is 2. The van der Waals surface area contributed by atoms with Gasteiger partial charge in [0.05, 0.1) is 17.7 Å². The molecule has 0 spiro atoms. The molecule has 5 nitrogen and oxygen atoms in total. The van der Waals surface area contributed by atoms with Crippen LogP contribution in [0.2, 0.25) is 0 Å². The molecule has 1 aliphatic carbocycles. The molecule has 2 aliphatic rings. The van der Waals surface area contributed by atoms with Gasteiger partial charge in [0.15, 0.2) is 0 Å². The first-order chi connectivity index (χ1) is 23.5. The van der Waals surface area contributed by atoms with Crippen LogP contribution in [0.15, 0.2) is 132 Å². The third-order valence-electron chi connectivity index (χ3n) is 10.2. The summed E-state index contributed by atoms with van der Waals surface area (Å²) in [5, 5.41) is 0. The smallest absolute Gasteiger partial charge is 0.343 e. The fraction of sp³-hybridized carbons (Fsp3) is 0.209. The number of aromatic nitrogens is 1. The molecular formula is C43H38N2O3. The maximum atomic E-state index is 13.5. The fourth-order valence-corrected chi connectivity index (χ4v) is 7.86. The quantitative estimate of drug-likeness (QED) is 0.125. The van der Waals surface area contributed by atoms with Gasteiger partial charge in [-0.1, -0.05) is 103 Å². The van der Waals surface area contributed by atoms with E-state index < -0.39 is 11.5 Å². The minimum absolute atomic E-state index is 0.111. The monoisotopic (exact) mass is 630 g/mol. The molecule has 48 heavy (non-hydrogen) atoms. The van der Waals surface area contributed by atoms with Gasteiger partial charge >= 0.3 is 5.97 Å². The number of hydrogen-bond donors (Lipinski definition) is 0. The van der Waals surface area contributed by atoms with E-state index in [1.807, 2.05) is 12.3 Å². The molecule has 0 radical (unpaired) electrons. The first-order valence-electron chi connectivity index (χ1n) is 16.9. The molecule has 1 fully saturated rings. The summed E-state index contributed by atoms with van der Waals surface area (Å²) < 4.78 is 6.89. The summed E-state index contributed by atoms with van der Waals surface area (Å²) in [7, 11) is 0. The highest BCUT2D eigenvalue weighted by Gasteiger charge is 2.44. The molecule has 0 amide bonds. The molecule has 4 aromatic carbocycles. The zero-order valence-corrected chi connectivity index (χ0v) is 27.4. The topological polar surface area (TPSA) is 51.0 Å². The number of aryl methyl sites for hydroxylation is 1. The van der Waals surface area contributed by atoms with E-state index in [0.29, 0.717) is 5.92 Å². The lowest BCUT2D eigenvalue weighted by atomic mass is 9.75. The largest absolute Gasteiger partial charge is 0.462 e. The molecule has 0 unspecified atom stereocenters. The van der Waals surface area contributed by atoms with E-state index in [-0.39, 0.29) is 17.7 Å². The Morgan fingerprint density at radius 2 is 1.35 bits per heavy atom. The lowest BCUT2D eigenvalue weighted by molar-refractivity contribution is 0.0524. The first-order valence-corrected chi connectivity index (χ1v) is 16.9. The standard InChI is InChI=1S/C43H38N2O3/c1-3-48-42(47)39-26-38(30-19-20-30)40-29(2)37(23-24-45(40)41(39)46)31-21-22-32-27-44(28-33(32)25-31)43(34-13-7-4-8-14-34,35-15-9-5-10-16-35)36-17-11-6-12-18-36/h4-18,21-26,30H,3,19-20,27-28H2,1-2H3. The Labute approximate surface area is 281 Å². The molecule has 1 saturated carbocycles. The number of ether oxygens (including phenoxy) is 1. The molecule has 2 aromatic heterocycles. The van der Waals surface area contributed by atoms with Gasteiger partial charge in [-0.2, -0.15) is 0 Å². The minimum Gasteiger partial charge on any atom is -0.462 e. The molecule has 8 rings (SSSR count). The number of carbonyl (C=O) groups is 1. The second kappa shape index (κ2) is 12.1. The van der Waals surface area contributed by atoms with Crippen molar-refractivity contribution >= 4 is 11.5 Å². The number of rotatable bonds is 8. The number of hydrogen-bond acceptors (Lipinski definition) is 4. The fourth-order valence-electron chi connectivity index (χ4n) is 7.86. The lowest BCUT2D eigenvalue weighted by Gasteiger charge is -2.43. The number of carbonyl (C=O) groups excluding carboxylic acids is 1. The maximum Gasteiger partial charge on any atom is 0.343 e. The average Bonchev–Trinajstić information content (AvgIpc) is 3.89. The Bertz CT molecular complexity index is 2110. The molecule has 3 heterocycles. The van der Waals surface area contributed by atoms with Crippen LogP contribution in [0.4, 0.5) is 0 Å². The highest BCUT2D eigenvalue weighted by atomic mass is 16.5. The molecule has 0 bridgehead atoms. The Morgan fingerprint density at radius 1 is 0.771 bits per heavy atom. The lowest BCUT2D eigenvalue weighted by Crippen LogP contribution is -2.45. The van der Waals surface area contributed by atoms with Crippen LogP contribution in [0.3, 0.4) is 0 Å². The van der Waals surface area contributed by atoms with Crippen molar-refractivity contribution in [2.24, 2.45) is 0 Å². The SMILES string of the molecule is CCOC(=O)c1cc(C2CC2)c2c(C)c(-c3ccc4c(c3)CN(C(c3ccccc3)(c3ccccc3)c3ccccc3)C4)ccn2c1=O. The maximum absolute atomic E-state index is 13.5. The average molecular weight is 631 g/mol. The summed E-state index contributed by atoms with van der Waals surface area (Å²) in [5.74, 6) is -0.209. The van der Waals surface area contributed by atoms with Crippen LogP contribution in [-0.4, -0.2) is 21.9 Å². The van der Waals surface area contributed by atoms with Gasteiger partial charge in [-0.15, -0.1) is 0 Å². The molecule has 0 atom stereocenters. The molecule has 238 valence electrons. The summed E-state index contributed by atoms with van der Waals surface area (Å²) >= 11 is 0. The molecule has 5 heteroatoms. The van der Waals surface area contributed by atoms with E-state index in [1.165, 1.54) is 27.8 Å². The first kappa shape index (κ1) is 30.1. The Morgan fingerprint density at radius 3 is 1.92 bits per heavy atom. The summed E-state index contributed by atoms with van der Waals surface area (Å²) in [5.41, 5.74) is 10.9. The second-order valence-corrected chi connectivity index (χ2v) is 13.0. The third-order valence-corrected chi connectivity index (χ3v) is 10.2. The van der Waals surface area contributed by atoms with E-state index in [2.05, 4.69) is 121 Å². The van der Waals surface area contributed by atoms with Crippen molar-refractivity contribution in [3.8, 4) is 11.1 Å². The van der Waals surface area contributed by atoms with Crippen molar-refractivity contribution in [3.63, 3.8) is 0 Å². The van der Waals surface area contributed by atoms with Gasteiger partial charge in [0.2, 0.25) is 0 Å². The Kier molecular flexibility index (Phi) is 7.57. The number of fused-ring (bicyclic) bond motifs is 2. The van der Waals surface area contributed by atoms with Crippen molar-refractivity contribution < 1.29 is 9.53 Å². The number of pyridine rings is 2. The Balaban J connectivity index is 1.24. The van der Waals surface area contributed by atoms with Gasteiger partial charge in [0, 0.05) is 19.3 Å². The molecule has 1 aliphatic heterocycles. The molecular weight excluding hydrogens is 592 g/mol. The van der Waals surface area contributed by atoms with Crippen molar-refractivity contribution in [2.75, 3.05) is 6.61 Å². The van der Waals surface area contributed by atoms with Crippen LogP contribution >= 0.6 is 0 Å². The zero-order chi connectivity index (χ0) is 32.8. The molecule has 0 saturated heterocycles. The van der Waals surface area contributed by atoms with Gasteiger partial charge in [-0.25, -0.2) is 4.79 Å². The van der Waals surface area contributed by atoms with Crippen molar-refractivity contribution in [3.05, 3.63) is 182 Å². The van der Waals surface area contributed by atoms with Gasteiger partial charge in [0.25, 0.3) is 5.56 Å².